The van der Waals surface area contributed by atoms with E-state index in [0.717, 1.165) is 12.1 Å². The lowest BCUT2D eigenvalue weighted by Gasteiger charge is -2.08. The van der Waals surface area contributed by atoms with Gasteiger partial charge in [0, 0.05) is 22.7 Å². The molecule has 1 aromatic heterocycles. The second-order valence-corrected chi connectivity index (χ2v) is 5.43. The summed E-state index contributed by atoms with van der Waals surface area (Å²) in [5.74, 6) is -3.68. The number of benzene rings is 1. The van der Waals surface area contributed by atoms with Gasteiger partial charge in [0.1, 0.15) is 0 Å². The number of carbonyl (C=O) groups excluding carboxylic acids is 3. The van der Waals surface area contributed by atoms with Crippen molar-refractivity contribution in [3.8, 4) is 0 Å². The Kier molecular flexibility index (Phi) is 5.96. The molecule has 9 heteroatoms. The Hall–Kier alpha value is -2.81. The first-order valence-corrected chi connectivity index (χ1v) is 7.72. The van der Waals surface area contributed by atoms with Gasteiger partial charge in [-0.2, -0.15) is 11.3 Å². The first-order valence-electron chi connectivity index (χ1n) is 6.77. The molecule has 0 radical (unpaired) electrons. The van der Waals surface area contributed by atoms with E-state index < -0.39 is 29.4 Å². The zero-order chi connectivity index (χ0) is 17.5. The molecule has 0 saturated carbocycles. The Morgan fingerprint density at radius 2 is 1.71 bits per heavy atom. The summed E-state index contributed by atoms with van der Waals surface area (Å²) in [5, 5.41) is 10.4. The molecule has 3 amide bonds. The Bertz CT molecular complexity index is 750. The van der Waals surface area contributed by atoms with Crippen molar-refractivity contribution in [2.24, 2.45) is 0 Å². The molecule has 0 unspecified atom stereocenters. The molecule has 3 N–H and O–H groups in total. The maximum Gasteiger partial charge on any atom is 0.252 e. The average Bonchev–Trinajstić information content (AvgIpc) is 3.08. The minimum atomic E-state index is -1.09. The summed E-state index contributed by atoms with van der Waals surface area (Å²) in [7, 11) is 0. The van der Waals surface area contributed by atoms with Crippen molar-refractivity contribution in [1.82, 2.24) is 10.6 Å². The summed E-state index contributed by atoms with van der Waals surface area (Å²) in [6.07, 6.45) is 0. The second kappa shape index (κ2) is 8.16. The van der Waals surface area contributed by atoms with Crippen molar-refractivity contribution < 1.29 is 23.2 Å². The highest BCUT2D eigenvalue weighted by atomic mass is 32.1. The maximum absolute atomic E-state index is 13.0. The first-order chi connectivity index (χ1) is 11.5. The molecule has 0 aliphatic heterocycles. The SMILES string of the molecule is O=C(CNC(=O)c1ccsc1)NCC(=O)Nc1ccc(F)c(F)c1. The van der Waals surface area contributed by atoms with Gasteiger partial charge in [0.25, 0.3) is 5.91 Å². The largest absolute Gasteiger partial charge is 0.345 e. The van der Waals surface area contributed by atoms with Crippen LogP contribution in [0.4, 0.5) is 14.5 Å². The number of carbonyl (C=O) groups is 3. The summed E-state index contributed by atoms with van der Waals surface area (Å²) in [5.41, 5.74) is 0.516. The van der Waals surface area contributed by atoms with Crippen molar-refractivity contribution in [3.63, 3.8) is 0 Å². The van der Waals surface area contributed by atoms with Crippen molar-refractivity contribution >= 4 is 34.7 Å². The van der Waals surface area contributed by atoms with Crippen LogP contribution in [-0.2, 0) is 9.59 Å². The molecule has 6 nitrogen and oxygen atoms in total. The van der Waals surface area contributed by atoms with Crippen LogP contribution in [0.3, 0.4) is 0 Å². The smallest absolute Gasteiger partial charge is 0.252 e. The van der Waals surface area contributed by atoms with Gasteiger partial charge in [0.15, 0.2) is 11.6 Å². The number of rotatable bonds is 6. The van der Waals surface area contributed by atoms with Crippen LogP contribution >= 0.6 is 11.3 Å². The maximum atomic E-state index is 13.0. The molecule has 0 atom stereocenters. The number of thiophene rings is 1. The van der Waals surface area contributed by atoms with Crippen LogP contribution in [0.1, 0.15) is 10.4 Å². The van der Waals surface area contributed by atoms with Crippen molar-refractivity contribution in [2.45, 2.75) is 0 Å². The number of halogens is 2. The fourth-order valence-corrected chi connectivity index (χ4v) is 2.31. The summed E-state index contributed by atoms with van der Waals surface area (Å²) in [6, 6.07) is 4.52. The minimum Gasteiger partial charge on any atom is -0.345 e. The Morgan fingerprint density at radius 3 is 2.38 bits per heavy atom. The first kappa shape index (κ1) is 17.5. The van der Waals surface area contributed by atoms with Gasteiger partial charge in [0.2, 0.25) is 11.8 Å². The van der Waals surface area contributed by atoms with Gasteiger partial charge in [-0.05, 0) is 23.6 Å². The van der Waals surface area contributed by atoms with Crippen LogP contribution in [0.15, 0.2) is 35.0 Å². The predicted octanol–water partition coefficient (Wildman–Crippen LogP) is 1.51. The molecule has 2 rings (SSSR count). The second-order valence-electron chi connectivity index (χ2n) is 4.65. The normalized spacial score (nSPS) is 10.1. The number of anilines is 1. The van der Waals surface area contributed by atoms with E-state index in [1.165, 1.54) is 17.4 Å². The minimum absolute atomic E-state index is 0.0684. The molecule has 24 heavy (non-hydrogen) atoms. The number of amides is 3. The van der Waals surface area contributed by atoms with E-state index in [2.05, 4.69) is 16.0 Å². The highest BCUT2D eigenvalue weighted by Crippen LogP contribution is 2.12. The van der Waals surface area contributed by atoms with Crippen LogP contribution in [-0.4, -0.2) is 30.8 Å². The Labute approximate surface area is 139 Å². The quantitative estimate of drug-likeness (QED) is 0.736. The van der Waals surface area contributed by atoms with E-state index in [0.29, 0.717) is 5.56 Å². The standard InChI is InChI=1S/C15H13F2N3O3S/c16-11-2-1-10(5-12(11)17)20-14(22)7-18-13(21)6-19-15(23)9-3-4-24-8-9/h1-5,8H,6-7H2,(H,18,21)(H,19,23)(H,20,22). The average molecular weight is 353 g/mol. The van der Waals surface area contributed by atoms with Crippen molar-refractivity contribution in [1.29, 1.82) is 0 Å². The summed E-state index contributed by atoms with van der Waals surface area (Å²) >= 11 is 1.35. The van der Waals surface area contributed by atoms with Gasteiger partial charge >= 0.3 is 0 Å². The zero-order valence-corrected chi connectivity index (χ0v) is 13.1. The molecule has 126 valence electrons. The van der Waals surface area contributed by atoms with Crippen molar-refractivity contribution in [3.05, 3.63) is 52.2 Å². The van der Waals surface area contributed by atoms with E-state index in [-0.39, 0.29) is 18.8 Å². The highest BCUT2D eigenvalue weighted by molar-refractivity contribution is 7.08. The molecular formula is C15H13F2N3O3S. The molecule has 0 saturated heterocycles. The van der Waals surface area contributed by atoms with E-state index in [4.69, 9.17) is 0 Å². The fraction of sp³-hybridized carbons (Fsp3) is 0.133. The van der Waals surface area contributed by atoms with Gasteiger partial charge in [-0.15, -0.1) is 0 Å². The molecular weight excluding hydrogens is 340 g/mol. The molecule has 0 fully saturated rings. The van der Waals surface area contributed by atoms with Crippen molar-refractivity contribution in [2.75, 3.05) is 18.4 Å². The molecule has 0 bridgehead atoms. The lowest BCUT2D eigenvalue weighted by atomic mass is 10.3. The predicted molar refractivity (Wildman–Crippen MR) is 84.6 cm³/mol. The topological polar surface area (TPSA) is 87.3 Å². The fourth-order valence-electron chi connectivity index (χ4n) is 1.68. The number of hydrogen-bond acceptors (Lipinski definition) is 4. The summed E-state index contributed by atoms with van der Waals surface area (Å²) in [6.45, 7) is -0.653. The molecule has 0 aliphatic carbocycles. The lowest BCUT2D eigenvalue weighted by molar-refractivity contribution is -0.123. The third kappa shape index (κ3) is 5.13. The summed E-state index contributed by atoms with van der Waals surface area (Å²) in [4.78, 5) is 34.8. The van der Waals surface area contributed by atoms with Gasteiger partial charge in [-0.3, -0.25) is 14.4 Å². The van der Waals surface area contributed by atoms with Crippen LogP contribution < -0.4 is 16.0 Å². The van der Waals surface area contributed by atoms with E-state index in [1.807, 2.05) is 0 Å². The summed E-state index contributed by atoms with van der Waals surface area (Å²) < 4.78 is 25.8. The lowest BCUT2D eigenvalue weighted by Crippen LogP contribution is -2.40. The van der Waals surface area contributed by atoms with Gasteiger partial charge in [-0.1, -0.05) is 0 Å². The van der Waals surface area contributed by atoms with Crippen LogP contribution in [0.2, 0.25) is 0 Å². The highest BCUT2D eigenvalue weighted by Gasteiger charge is 2.10. The molecule has 1 aromatic carbocycles. The van der Waals surface area contributed by atoms with Crippen LogP contribution in [0, 0.1) is 11.6 Å². The molecule has 1 heterocycles. The van der Waals surface area contributed by atoms with E-state index in [9.17, 15) is 23.2 Å². The third-order valence-electron chi connectivity index (χ3n) is 2.84. The van der Waals surface area contributed by atoms with E-state index in [1.54, 1.807) is 16.8 Å². The van der Waals surface area contributed by atoms with Crippen LogP contribution in [0.25, 0.3) is 0 Å². The van der Waals surface area contributed by atoms with Crippen LogP contribution in [0.5, 0.6) is 0 Å². The van der Waals surface area contributed by atoms with Gasteiger partial charge in [-0.25, -0.2) is 8.78 Å². The molecule has 0 aliphatic rings. The Morgan fingerprint density at radius 1 is 0.958 bits per heavy atom. The van der Waals surface area contributed by atoms with E-state index >= 15 is 0 Å². The number of hydrogen-bond donors (Lipinski definition) is 3. The Balaban J connectivity index is 1.72. The zero-order valence-electron chi connectivity index (χ0n) is 12.3. The monoisotopic (exact) mass is 353 g/mol. The van der Waals surface area contributed by atoms with Gasteiger partial charge in [0.05, 0.1) is 13.1 Å². The molecule has 2 aromatic rings. The number of nitrogens with one attached hydrogen (secondary N) is 3. The third-order valence-corrected chi connectivity index (χ3v) is 3.53. The van der Waals surface area contributed by atoms with Gasteiger partial charge < -0.3 is 16.0 Å². The molecule has 0 spiro atoms.